The van der Waals surface area contributed by atoms with Gasteiger partial charge in [0.05, 0.1) is 16.8 Å². The lowest BCUT2D eigenvalue weighted by Gasteiger charge is -2.31. The highest BCUT2D eigenvalue weighted by molar-refractivity contribution is 7.22. The number of para-hydroxylation sites is 1. The number of fused-ring (bicyclic) bond motifs is 2. The Morgan fingerprint density at radius 1 is 0.857 bits per heavy atom. The minimum Gasteiger partial charge on any atom is -0.494 e. The normalized spacial score (nSPS) is 14.5. The summed E-state index contributed by atoms with van der Waals surface area (Å²) in [6.45, 7) is 5.50. The van der Waals surface area contributed by atoms with E-state index in [1.54, 1.807) is 0 Å². The number of carboxylic acid groups (broad SMARTS) is 1. The quantitative estimate of drug-likeness (QED) is 0.132. The Hall–Kier alpha value is -5.00. The van der Waals surface area contributed by atoms with E-state index >= 15 is 0 Å². The molecule has 0 aliphatic carbocycles. The highest BCUT2D eigenvalue weighted by atomic mass is 32.1. The van der Waals surface area contributed by atoms with Crippen LogP contribution in [0.2, 0.25) is 0 Å². The van der Waals surface area contributed by atoms with Crippen LogP contribution in [0.15, 0.2) is 78.9 Å². The first-order valence-corrected chi connectivity index (χ1v) is 17.7. The molecule has 2 aliphatic heterocycles. The third-order valence-corrected chi connectivity index (χ3v) is 10.0. The zero-order valence-electron chi connectivity index (χ0n) is 27.3. The van der Waals surface area contributed by atoms with E-state index in [9.17, 15) is 14.7 Å². The standard InChI is InChI=1S/C38H39N5O5S/c44-36(41-38-39-32-10-1-2-11-33(32)49-38)30-9-5-7-26-18-21-43(25-31(26)30)34-17-12-27(35(40-34)37(45)46)8-6-23-47-28-13-15-29(16-14-28)48-24-22-42-19-3-4-20-42/h1-2,5,7,9-17H,3-4,6,8,18-25H2,(H,45,46)(H,39,41,44). The van der Waals surface area contributed by atoms with Crippen LogP contribution >= 0.6 is 11.3 Å². The van der Waals surface area contributed by atoms with Gasteiger partial charge in [-0.15, -0.1) is 0 Å². The fourth-order valence-electron chi connectivity index (χ4n) is 6.50. The molecule has 4 heterocycles. The number of carbonyl (C=O) groups is 2. The molecule has 11 heteroatoms. The second-order valence-electron chi connectivity index (χ2n) is 12.4. The lowest BCUT2D eigenvalue weighted by atomic mass is 9.94. The first-order chi connectivity index (χ1) is 24.0. The molecular weight excluding hydrogens is 639 g/mol. The summed E-state index contributed by atoms with van der Waals surface area (Å²) in [5.41, 5.74) is 4.14. The van der Waals surface area contributed by atoms with Crippen LogP contribution in [0.3, 0.4) is 0 Å². The maximum Gasteiger partial charge on any atom is 0.354 e. The number of aromatic nitrogens is 2. The van der Waals surface area contributed by atoms with Gasteiger partial charge in [0, 0.05) is 25.2 Å². The van der Waals surface area contributed by atoms with Gasteiger partial charge in [0.2, 0.25) is 0 Å². The number of benzene rings is 3. The third kappa shape index (κ3) is 7.84. The summed E-state index contributed by atoms with van der Waals surface area (Å²) in [5.74, 6) is 0.868. The average Bonchev–Trinajstić information content (AvgIpc) is 3.80. The molecule has 0 spiro atoms. The van der Waals surface area contributed by atoms with Crippen LogP contribution in [0.4, 0.5) is 10.9 Å². The Kier molecular flexibility index (Phi) is 9.99. The van der Waals surface area contributed by atoms with Crippen molar-refractivity contribution >= 4 is 44.4 Å². The third-order valence-electron chi connectivity index (χ3n) is 9.08. The van der Waals surface area contributed by atoms with E-state index in [4.69, 9.17) is 9.47 Å². The summed E-state index contributed by atoms with van der Waals surface area (Å²) < 4.78 is 12.8. The molecule has 49 heavy (non-hydrogen) atoms. The summed E-state index contributed by atoms with van der Waals surface area (Å²) in [5, 5.41) is 13.6. The number of aromatic carboxylic acids is 1. The van der Waals surface area contributed by atoms with E-state index in [1.807, 2.05) is 83.8 Å². The molecule has 0 unspecified atom stereocenters. The fraction of sp³-hybridized carbons (Fsp3) is 0.316. The monoisotopic (exact) mass is 677 g/mol. The van der Waals surface area contributed by atoms with Gasteiger partial charge >= 0.3 is 5.97 Å². The van der Waals surface area contributed by atoms with E-state index in [0.717, 1.165) is 52.5 Å². The van der Waals surface area contributed by atoms with Gasteiger partial charge in [0.1, 0.15) is 23.9 Å². The van der Waals surface area contributed by atoms with Gasteiger partial charge in [0.25, 0.3) is 5.91 Å². The van der Waals surface area contributed by atoms with Crippen molar-refractivity contribution in [3.63, 3.8) is 0 Å². The lowest BCUT2D eigenvalue weighted by Crippen LogP contribution is -2.33. The number of hydrogen-bond donors (Lipinski definition) is 2. The van der Waals surface area contributed by atoms with Gasteiger partial charge in [-0.2, -0.15) is 0 Å². The predicted octanol–water partition coefficient (Wildman–Crippen LogP) is 6.69. The molecule has 2 aromatic heterocycles. The van der Waals surface area contributed by atoms with E-state index in [2.05, 4.69) is 20.2 Å². The predicted molar refractivity (Wildman–Crippen MR) is 191 cm³/mol. The Labute approximate surface area is 289 Å². The minimum atomic E-state index is -1.06. The molecule has 1 saturated heterocycles. The first-order valence-electron chi connectivity index (χ1n) is 16.8. The largest absolute Gasteiger partial charge is 0.494 e. The van der Waals surface area contributed by atoms with Crippen molar-refractivity contribution in [2.24, 2.45) is 0 Å². The number of carboxylic acids is 1. The molecule has 0 radical (unpaired) electrons. The topological polar surface area (TPSA) is 117 Å². The number of carbonyl (C=O) groups excluding carboxylic acids is 1. The number of ether oxygens (including phenoxy) is 2. The van der Waals surface area contributed by atoms with Crippen LogP contribution in [0.1, 0.15) is 56.8 Å². The number of hydrogen-bond acceptors (Lipinski definition) is 9. The molecule has 252 valence electrons. The molecular formula is C38H39N5O5S. The lowest BCUT2D eigenvalue weighted by molar-refractivity contribution is 0.0689. The molecule has 2 N–H and O–H groups in total. The number of amides is 1. The van der Waals surface area contributed by atoms with Crippen molar-refractivity contribution in [3.05, 3.63) is 107 Å². The van der Waals surface area contributed by atoms with Gasteiger partial charge in [-0.05, 0) is 110 Å². The van der Waals surface area contributed by atoms with Crippen LogP contribution in [0.5, 0.6) is 11.5 Å². The van der Waals surface area contributed by atoms with Crippen molar-refractivity contribution < 1.29 is 24.2 Å². The molecule has 10 nitrogen and oxygen atoms in total. The summed E-state index contributed by atoms with van der Waals surface area (Å²) in [6.07, 6.45) is 4.42. The number of likely N-dealkylation sites (tertiary alicyclic amines) is 1. The number of thiazole rings is 1. The van der Waals surface area contributed by atoms with Crippen molar-refractivity contribution in [1.82, 2.24) is 14.9 Å². The molecule has 1 fully saturated rings. The van der Waals surface area contributed by atoms with Crippen LogP contribution < -0.4 is 19.7 Å². The minimum absolute atomic E-state index is 0.0422. The highest BCUT2D eigenvalue weighted by Gasteiger charge is 2.25. The van der Waals surface area contributed by atoms with Crippen molar-refractivity contribution in [2.45, 2.75) is 38.6 Å². The van der Waals surface area contributed by atoms with Crippen LogP contribution in [-0.2, 0) is 19.4 Å². The molecule has 0 atom stereocenters. The fourth-order valence-corrected chi connectivity index (χ4v) is 7.36. The molecule has 0 bridgehead atoms. The van der Waals surface area contributed by atoms with Gasteiger partial charge in [-0.25, -0.2) is 14.8 Å². The van der Waals surface area contributed by atoms with E-state index < -0.39 is 5.97 Å². The Bertz CT molecular complexity index is 1910. The summed E-state index contributed by atoms with van der Waals surface area (Å²) in [7, 11) is 0. The Morgan fingerprint density at radius 3 is 2.41 bits per heavy atom. The van der Waals surface area contributed by atoms with Crippen LogP contribution in [0, 0.1) is 0 Å². The van der Waals surface area contributed by atoms with Crippen molar-refractivity contribution in [3.8, 4) is 11.5 Å². The van der Waals surface area contributed by atoms with E-state index in [1.165, 1.54) is 24.2 Å². The first kappa shape index (κ1) is 32.5. The van der Waals surface area contributed by atoms with Crippen LogP contribution in [0.25, 0.3) is 10.2 Å². The second kappa shape index (κ2) is 15.0. The number of pyridine rings is 1. The zero-order chi connectivity index (χ0) is 33.6. The molecule has 1 amide bonds. The Balaban J connectivity index is 0.947. The highest BCUT2D eigenvalue weighted by Crippen LogP contribution is 2.30. The summed E-state index contributed by atoms with van der Waals surface area (Å²) in [6, 6.07) is 24.9. The van der Waals surface area contributed by atoms with E-state index in [-0.39, 0.29) is 11.6 Å². The van der Waals surface area contributed by atoms with Crippen LogP contribution in [-0.4, -0.2) is 71.2 Å². The molecule has 5 aromatic rings. The number of rotatable bonds is 13. The maximum absolute atomic E-state index is 13.4. The van der Waals surface area contributed by atoms with E-state index in [0.29, 0.717) is 67.6 Å². The smallest absolute Gasteiger partial charge is 0.354 e. The van der Waals surface area contributed by atoms with Crippen molar-refractivity contribution in [1.29, 1.82) is 0 Å². The molecule has 3 aromatic carbocycles. The SMILES string of the molecule is O=C(Nc1nc2ccccc2s1)c1cccc2c1CN(c1ccc(CCCOc3ccc(OCCN4CCCC4)cc3)c(C(=O)O)n1)CC2. The average molecular weight is 678 g/mol. The zero-order valence-corrected chi connectivity index (χ0v) is 28.1. The van der Waals surface area contributed by atoms with Gasteiger partial charge < -0.3 is 19.5 Å². The van der Waals surface area contributed by atoms with Gasteiger partial charge in [-0.1, -0.05) is 41.7 Å². The Morgan fingerprint density at radius 2 is 1.63 bits per heavy atom. The molecule has 7 rings (SSSR count). The van der Waals surface area contributed by atoms with Crippen molar-refractivity contribution in [2.75, 3.05) is 49.6 Å². The number of anilines is 2. The van der Waals surface area contributed by atoms with Gasteiger partial charge in [0.15, 0.2) is 10.8 Å². The maximum atomic E-state index is 13.4. The summed E-state index contributed by atoms with van der Waals surface area (Å²) >= 11 is 1.44. The van der Waals surface area contributed by atoms with Gasteiger partial charge in [-0.3, -0.25) is 15.0 Å². The summed E-state index contributed by atoms with van der Waals surface area (Å²) in [4.78, 5) is 39.3. The molecule has 0 saturated carbocycles. The second-order valence-corrected chi connectivity index (χ2v) is 13.4. The number of aryl methyl sites for hydroxylation is 1. The number of nitrogens with zero attached hydrogens (tertiary/aromatic N) is 4. The number of nitrogens with one attached hydrogen (secondary N) is 1. The molecule has 2 aliphatic rings.